The Bertz CT molecular complexity index is 1460. The quantitative estimate of drug-likeness (QED) is 0.160. The summed E-state index contributed by atoms with van der Waals surface area (Å²) in [5.74, 6) is -3.10. The fourth-order valence-electron chi connectivity index (χ4n) is 8.60. The lowest BCUT2D eigenvalue weighted by atomic mass is 9.44. The van der Waals surface area contributed by atoms with Crippen molar-refractivity contribution in [2.24, 2.45) is 16.7 Å². The molecule has 0 aromatic heterocycles. The lowest BCUT2D eigenvalue weighted by molar-refractivity contribution is -0.347. The summed E-state index contributed by atoms with van der Waals surface area (Å²) in [4.78, 5) is 55.0. The summed E-state index contributed by atoms with van der Waals surface area (Å²) < 4.78 is 37.4. The van der Waals surface area contributed by atoms with Gasteiger partial charge in [-0.1, -0.05) is 32.0 Å². The van der Waals surface area contributed by atoms with Gasteiger partial charge in [-0.05, 0) is 49.6 Å². The molecule has 0 amide bonds. The summed E-state index contributed by atoms with van der Waals surface area (Å²) in [6.45, 7) is 9.53. The van der Waals surface area contributed by atoms with Crippen LogP contribution >= 0.6 is 23.5 Å². The summed E-state index contributed by atoms with van der Waals surface area (Å²) in [6, 6.07) is 8.34. The molecular weight excluding hydrogens is 661 g/mol. The molecule has 9 atom stereocenters. The molecule has 1 N–H and O–H groups in total. The van der Waals surface area contributed by atoms with Gasteiger partial charge in [0, 0.05) is 32.1 Å². The number of rotatable bonds is 10. The summed E-state index contributed by atoms with van der Waals surface area (Å²) in [5, 5.41) is 13.4. The maximum Gasteiger partial charge on any atom is 0.338 e. The highest BCUT2D eigenvalue weighted by molar-refractivity contribution is 7.98. The van der Waals surface area contributed by atoms with Gasteiger partial charge in [-0.2, -0.15) is 0 Å². The summed E-state index contributed by atoms with van der Waals surface area (Å²) in [7, 11) is 0. The Morgan fingerprint density at radius 2 is 1.62 bits per heavy atom. The highest BCUT2D eigenvalue weighted by Gasteiger charge is 2.78. The molecule has 0 unspecified atom stereocenters. The minimum absolute atomic E-state index is 0.0959. The van der Waals surface area contributed by atoms with Crippen molar-refractivity contribution in [3.8, 4) is 0 Å². The van der Waals surface area contributed by atoms with Crippen LogP contribution in [0.3, 0.4) is 0 Å². The van der Waals surface area contributed by atoms with Gasteiger partial charge in [0.05, 0.1) is 41.5 Å². The van der Waals surface area contributed by atoms with Crippen LogP contribution in [0, 0.1) is 16.7 Å². The van der Waals surface area contributed by atoms with E-state index < -0.39 is 76.4 Å². The van der Waals surface area contributed by atoms with Crippen molar-refractivity contribution in [1.82, 2.24) is 0 Å². The molecule has 0 radical (unpaired) electrons. The summed E-state index contributed by atoms with van der Waals surface area (Å²) >= 11 is 2.82. The molecule has 0 spiro atoms. The van der Waals surface area contributed by atoms with Crippen LogP contribution in [0.2, 0.25) is 0 Å². The Hall–Kier alpha value is -2.42. The lowest BCUT2D eigenvalue weighted by Crippen LogP contribution is -2.82. The second-order valence-corrected chi connectivity index (χ2v) is 15.5. The number of fused-ring (bicyclic) bond motifs is 5. The van der Waals surface area contributed by atoms with Crippen molar-refractivity contribution in [2.45, 2.75) is 96.1 Å². The molecular formula is C35H46O11S2. The molecule has 2 bridgehead atoms. The molecule has 1 aromatic rings. The van der Waals surface area contributed by atoms with Gasteiger partial charge in [0.1, 0.15) is 30.0 Å². The van der Waals surface area contributed by atoms with Crippen LogP contribution in [-0.4, -0.2) is 102 Å². The van der Waals surface area contributed by atoms with Gasteiger partial charge in [0.15, 0.2) is 11.4 Å². The molecule has 2 saturated carbocycles. The number of ketones is 1. The third kappa shape index (κ3) is 5.81. The van der Waals surface area contributed by atoms with E-state index in [-0.39, 0.29) is 42.7 Å². The van der Waals surface area contributed by atoms with Crippen LogP contribution in [0.5, 0.6) is 0 Å². The highest BCUT2D eigenvalue weighted by Crippen LogP contribution is 2.65. The molecule has 4 aliphatic rings. The normalized spacial score (nSPS) is 36.8. The van der Waals surface area contributed by atoms with Crippen molar-refractivity contribution >= 4 is 47.2 Å². The van der Waals surface area contributed by atoms with Gasteiger partial charge >= 0.3 is 17.9 Å². The molecule has 264 valence electrons. The van der Waals surface area contributed by atoms with E-state index in [2.05, 4.69) is 0 Å². The van der Waals surface area contributed by atoms with Crippen LogP contribution < -0.4 is 0 Å². The largest absolute Gasteiger partial charge is 0.458 e. The minimum atomic E-state index is -1.99. The molecule has 1 saturated heterocycles. The number of ether oxygens (including phenoxy) is 6. The zero-order chi connectivity index (χ0) is 35.2. The van der Waals surface area contributed by atoms with Gasteiger partial charge in [-0.15, -0.1) is 23.5 Å². The Balaban J connectivity index is 1.86. The first kappa shape index (κ1) is 36.9. The first-order valence-electron chi connectivity index (χ1n) is 16.0. The number of carbonyl (C=O) groups is 4. The topological polar surface area (TPSA) is 144 Å². The van der Waals surface area contributed by atoms with Crippen LogP contribution in [0.15, 0.2) is 41.5 Å². The predicted molar refractivity (Wildman–Crippen MR) is 179 cm³/mol. The first-order chi connectivity index (χ1) is 22.6. The van der Waals surface area contributed by atoms with Crippen molar-refractivity contribution in [2.75, 3.05) is 31.0 Å². The van der Waals surface area contributed by atoms with Gasteiger partial charge in [0.2, 0.25) is 0 Å². The van der Waals surface area contributed by atoms with E-state index >= 15 is 4.79 Å². The van der Waals surface area contributed by atoms with Crippen molar-refractivity contribution in [3.05, 3.63) is 47.0 Å². The number of aliphatic hydroxyl groups is 1. The number of esters is 3. The molecule has 1 aromatic carbocycles. The zero-order valence-corrected chi connectivity index (χ0v) is 30.4. The number of Topliss-reactive ketones (excluding diaryl/α,β-unsaturated/α-hetero) is 1. The SMILES string of the molecule is CSCO[C@H]1C(=O)[C@]2(C)[C@@H](OCSC)C[C@H]3OC[C@@]3(OC(C)=O)[C@H]2[C@H](OC(=O)c2ccccc2)[C@]2(O)C[C@H](OC(C)=O)C(C)=C1C2(C)C. The average Bonchev–Trinajstić information content (AvgIpc) is 3.02. The summed E-state index contributed by atoms with van der Waals surface area (Å²) in [5.41, 5.74) is -5.05. The zero-order valence-electron chi connectivity index (χ0n) is 28.7. The Labute approximate surface area is 290 Å². The number of thioether (sulfide) groups is 2. The molecule has 1 heterocycles. The summed E-state index contributed by atoms with van der Waals surface area (Å²) in [6.07, 6.45) is -1.43. The third-order valence-electron chi connectivity index (χ3n) is 10.9. The van der Waals surface area contributed by atoms with Crippen molar-refractivity contribution < 1.29 is 52.7 Å². The monoisotopic (exact) mass is 706 g/mol. The molecule has 48 heavy (non-hydrogen) atoms. The van der Waals surface area contributed by atoms with E-state index in [1.54, 1.807) is 58.0 Å². The Kier molecular flexibility index (Phi) is 10.5. The fraction of sp³-hybridized carbons (Fsp3) is 0.657. The molecule has 5 rings (SSSR count). The van der Waals surface area contributed by atoms with E-state index in [0.717, 1.165) is 0 Å². The van der Waals surface area contributed by atoms with Crippen LogP contribution in [-0.2, 0) is 42.8 Å². The van der Waals surface area contributed by atoms with E-state index in [0.29, 0.717) is 11.1 Å². The number of hydrogen-bond acceptors (Lipinski definition) is 13. The molecule has 3 aliphatic carbocycles. The minimum Gasteiger partial charge on any atom is -0.458 e. The maximum absolute atomic E-state index is 15.5. The van der Waals surface area contributed by atoms with Gasteiger partial charge in [-0.25, -0.2) is 4.79 Å². The second kappa shape index (κ2) is 13.7. The molecule has 11 nitrogen and oxygen atoms in total. The van der Waals surface area contributed by atoms with Gasteiger partial charge in [0.25, 0.3) is 0 Å². The van der Waals surface area contributed by atoms with Crippen molar-refractivity contribution in [1.29, 1.82) is 0 Å². The average molecular weight is 707 g/mol. The number of hydrogen-bond donors (Lipinski definition) is 1. The standard InChI is InChI=1S/C35H46O11S2/c1-19-23(44-20(2)36)15-35(40)30(45-31(39)22-12-10-9-11-13-22)28-33(6,29(38)27(43-18-48-8)26(19)32(35,4)5)24(42-17-47-7)14-25-34(28,16-41-25)46-21(3)37/h9-13,23-25,27-28,30,40H,14-18H2,1-8H3/t23-,24-,25+,27+,28-,30-,33+,34-,35+/m0/s1. The molecule has 1 aliphatic heterocycles. The van der Waals surface area contributed by atoms with Crippen LogP contribution in [0.25, 0.3) is 0 Å². The van der Waals surface area contributed by atoms with Gasteiger partial charge < -0.3 is 33.5 Å². The molecule has 13 heteroatoms. The highest BCUT2D eigenvalue weighted by atomic mass is 32.2. The Morgan fingerprint density at radius 3 is 2.19 bits per heavy atom. The first-order valence-corrected chi connectivity index (χ1v) is 18.8. The third-order valence-corrected chi connectivity index (χ3v) is 11.7. The van der Waals surface area contributed by atoms with E-state index in [4.69, 9.17) is 28.4 Å². The smallest absolute Gasteiger partial charge is 0.338 e. The van der Waals surface area contributed by atoms with Gasteiger partial charge in [-0.3, -0.25) is 14.4 Å². The van der Waals surface area contributed by atoms with Crippen molar-refractivity contribution in [3.63, 3.8) is 0 Å². The second-order valence-electron chi connectivity index (χ2n) is 13.9. The Morgan fingerprint density at radius 1 is 0.979 bits per heavy atom. The van der Waals surface area contributed by atoms with Crippen LogP contribution in [0.1, 0.15) is 64.7 Å². The molecule has 3 fully saturated rings. The fourth-order valence-corrected chi connectivity index (χ4v) is 9.18. The maximum atomic E-state index is 15.5. The lowest BCUT2D eigenvalue weighted by Gasteiger charge is -2.68. The van der Waals surface area contributed by atoms with Crippen LogP contribution in [0.4, 0.5) is 0 Å². The van der Waals surface area contributed by atoms with E-state index in [9.17, 15) is 19.5 Å². The van der Waals surface area contributed by atoms with E-state index in [1.165, 1.54) is 37.4 Å². The van der Waals surface area contributed by atoms with E-state index in [1.807, 2.05) is 12.5 Å². The number of carbonyl (C=O) groups excluding carboxylic acids is 4. The predicted octanol–water partition coefficient (Wildman–Crippen LogP) is 4.34. The number of benzene rings is 1.